The molecule has 0 amide bonds. The summed E-state index contributed by atoms with van der Waals surface area (Å²) in [5.41, 5.74) is 11.2. The Balaban J connectivity index is 1.43. The molecule has 0 atom stereocenters. The topological polar surface area (TPSA) is 96.7 Å². The fourth-order valence-electron chi connectivity index (χ4n) is 5.35. The van der Waals surface area contributed by atoms with Gasteiger partial charge < -0.3 is 20.1 Å². The molecule has 0 unspecified atom stereocenters. The summed E-state index contributed by atoms with van der Waals surface area (Å²) in [6.07, 6.45) is 2.97. The molecule has 3 heterocycles. The number of carbonyl (C=O) groups is 1. The lowest BCUT2D eigenvalue weighted by Crippen LogP contribution is -2.47. The van der Waals surface area contributed by atoms with Crippen LogP contribution in [0, 0.1) is 5.41 Å². The molecule has 0 bridgehead atoms. The Kier molecular flexibility index (Phi) is 7.63. The fourth-order valence-corrected chi connectivity index (χ4v) is 5.35. The summed E-state index contributed by atoms with van der Waals surface area (Å²) in [5.74, 6) is 1.26. The van der Waals surface area contributed by atoms with Crippen molar-refractivity contribution in [3.8, 4) is 16.9 Å². The monoisotopic (exact) mass is 519 g/mol. The van der Waals surface area contributed by atoms with Crippen molar-refractivity contribution in [2.45, 2.75) is 53.1 Å². The van der Waals surface area contributed by atoms with Crippen LogP contribution >= 0.6 is 0 Å². The number of nitrogens with two attached hydrogens (primary N) is 1. The number of anilines is 2. The van der Waals surface area contributed by atoms with E-state index in [1.165, 1.54) is 6.42 Å². The van der Waals surface area contributed by atoms with E-state index in [9.17, 15) is 4.79 Å². The number of aromatic nitrogens is 2. The fraction of sp³-hybridized carbons (Fsp3) is 0.533. The number of nitrogens with one attached hydrogen (secondary N) is 1. The van der Waals surface area contributed by atoms with Gasteiger partial charge in [0.2, 0.25) is 0 Å². The second-order valence-electron chi connectivity index (χ2n) is 11.9. The number of aromatic amines is 1. The molecule has 0 spiro atoms. The summed E-state index contributed by atoms with van der Waals surface area (Å²) in [6, 6.07) is 10.3. The molecule has 5 rings (SSSR count). The average Bonchev–Trinajstić information content (AvgIpc) is 3.28. The number of piperazine rings is 1. The quantitative estimate of drug-likeness (QED) is 0.418. The highest BCUT2D eigenvalue weighted by Crippen LogP contribution is 2.38. The van der Waals surface area contributed by atoms with E-state index >= 15 is 0 Å². The van der Waals surface area contributed by atoms with Gasteiger partial charge in [0, 0.05) is 50.3 Å². The first kappa shape index (κ1) is 26.5. The Morgan fingerprint density at radius 2 is 1.84 bits per heavy atom. The number of H-pyrrole nitrogens is 1. The standard InChI is InChI=1S/C30H41N5O3/c1-20(36)24-6-5-21(18-26(24)35-13-11-34(12-14-35)10-9-30(2,3)4)22-17-25-28(29(31)33-32-25)27(19-22)38-23-7-15-37-16-8-23/h5-6,17-19,23H,7-16H2,1-4H3,(H3,31,32,33). The van der Waals surface area contributed by atoms with Gasteiger partial charge in [-0.1, -0.05) is 26.8 Å². The molecule has 8 heteroatoms. The molecule has 2 aromatic carbocycles. The number of fused-ring (bicyclic) bond motifs is 1. The van der Waals surface area contributed by atoms with Crippen LogP contribution in [0.4, 0.5) is 11.5 Å². The summed E-state index contributed by atoms with van der Waals surface area (Å²) in [7, 11) is 0. The zero-order chi connectivity index (χ0) is 26.9. The van der Waals surface area contributed by atoms with Crippen molar-refractivity contribution in [3.63, 3.8) is 0 Å². The molecule has 204 valence electrons. The van der Waals surface area contributed by atoms with Crippen LogP contribution in [-0.2, 0) is 4.74 Å². The van der Waals surface area contributed by atoms with Crippen molar-refractivity contribution >= 4 is 28.2 Å². The van der Waals surface area contributed by atoms with E-state index in [1.807, 2.05) is 12.1 Å². The highest BCUT2D eigenvalue weighted by Gasteiger charge is 2.24. The lowest BCUT2D eigenvalue weighted by Gasteiger charge is -2.38. The van der Waals surface area contributed by atoms with E-state index in [0.29, 0.717) is 24.4 Å². The highest BCUT2D eigenvalue weighted by molar-refractivity contribution is 6.01. The molecule has 3 N–H and O–H groups in total. The molecule has 2 aliphatic heterocycles. The van der Waals surface area contributed by atoms with Crippen molar-refractivity contribution in [2.75, 3.05) is 56.6 Å². The van der Waals surface area contributed by atoms with Gasteiger partial charge in [0.1, 0.15) is 11.9 Å². The Labute approximate surface area is 225 Å². The van der Waals surface area contributed by atoms with Gasteiger partial charge in [-0.2, -0.15) is 5.10 Å². The van der Waals surface area contributed by atoms with E-state index in [4.69, 9.17) is 15.2 Å². The maximum absolute atomic E-state index is 12.6. The molecule has 8 nitrogen and oxygen atoms in total. The van der Waals surface area contributed by atoms with Crippen molar-refractivity contribution in [1.29, 1.82) is 0 Å². The number of carbonyl (C=O) groups excluding carboxylic acids is 1. The van der Waals surface area contributed by atoms with Gasteiger partial charge in [-0.15, -0.1) is 0 Å². The number of hydrogen-bond acceptors (Lipinski definition) is 7. The molecule has 0 radical (unpaired) electrons. The Morgan fingerprint density at radius 1 is 1.11 bits per heavy atom. The first-order valence-electron chi connectivity index (χ1n) is 13.8. The second-order valence-corrected chi connectivity index (χ2v) is 11.9. The van der Waals surface area contributed by atoms with Crippen LogP contribution in [0.3, 0.4) is 0 Å². The number of rotatable bonds is 7. The summed E-state index contributed by atoms with van der Waals surface area (Å²) in [6.45, 7) is 14.9. The molecule has 0 aliphatic carbocycles. The van der Waals surface area contributed by atoms with Gasteiger partial charge in [0.15, 0.2) is 11.6 Å². The van der Waals surface area contributed by atoms with E-state index in [1.54, 1.807) is 6.92 Å². The maximum atomic E-state index is 12.6. The van der Waals surface area contributed by atoms with Crippen LogP contribution in [-0.4, -0.2) is 72.9 Å². The van der Waals surface area contributed by atoms with E-state index in [-0.39, 0.29) is 11.9 Å². The summed E-state index contributed by atoms with van der Waals surface area (Å²) >= 11 is 0. The largest absolute Gasteiger partial charge is 0.489 e. The van der Waals surface area contributed by atoms with E-state index < -0.39 is 0 Å². The summed E-state index contributed by atoms with van der Waals surface area (Å²) in [4.78, 5) is 17.5. The predicted molar refractivity (Wildman–Crippen MR) is 153 cm³/mol. The molecule has 2 fully saturated rings. The van der Waals surface area contributed by atoms with Gasteiger partial charge in [-0.25, -0.2) is 0 Å². The number of benzene rings is 2. The Hall–Kier alpha value is -3.10. The molecule has 2 saturated heterocycles. The van der Waals surface area contributed by atoms with Gasteiger partial charge in [-0.05, 0) is 60.7 Å². The minimum Gasteiger partial charge on any atom is -0.489 e. The number of nitrogens with zero attached hydrogens (tertiary/aromatic N) is 3. The minimum absolute atomic E-state index is 0.0849. The predicted octanol–water partition coefficient (Wildman–Crippen LogP) is 5.13. The number of nitrogen functional groups attached to an aromatic ring is 1. The lowest BCUT2D eigenvalue weighted by molar-refractivity contribution is 0.0262. The van der Waals surface area contributed by atoms with E-state index in [2.05, 4.69) is 59.0 Å². The maximum Gasteiger partial charge on any atom is 0.161 e. The van der Waals surface area contributed by atoms with Crippen LogP contribution in [0.2, 0.25) is 0 Å². The third kappa shape index (κ3) is 5.97. The smallest absolute Gasteiger partial charge is 0.161 e. The third-order valence-corrected chi connectivity index (χ3v) is 7.72. The van der Waals surface area contributed by atoms with Crippen molar-refractivity contribution in [3.05, 3.63) is 35.9 Å². The lowest BCUT2D eigenvalue weighted by atomic mass is 9.92. The Bertz CT molecular complexity index is 1280. The van der Waals surface area contributed by atoms with Crippen LogP contribution < -0.4 is 15.4 Å². The summed E-state index contributed by atoms with van der Waals surface area (Å²) in [5, 5.41) is 8.11. The number of ketones is 1. The van der Waals surface area contributed by atoms with Gasteiger partial charge >= 0.3 is 0 Å². The molecule has 3 aromatic rings. The molecule has 0 saturated carbocycles. The van der Waals surface area contributed by atoms with Crippen LogP contribution in [0.5, 0.6) is 5.75 Å². The zero-order valence-electron chi connectivity index (χ0n) is 23.2. The SMILES string of the molecule is CC(=O)c1ccc(-c2cc(OC3CCOCC3)c3c(N)n[nH]c3c2)cc1N1CCN(CCC(C)(C)C)CC1. The number of ether oxygens (including phenoxy) is 2. The average molecular weight is 520 g/mol. The number of Topliss-reactive ketones (excluding diaryl/α,β-unsaturated/α-hetero) is 1. The molecule has 38 heavy (non-hydrogen) atoms. The number of hydrogen-bond donors (Lipinski definition) is 2. The molecule has 1 aromatic heterocycles. The Morgan fingerprint density at radius 3 is 2.53 bits per heavy atom. The van der Waals surface area contributed by atoms with Gasteiger partial charge in [0.05, 0.1) is 24.1 Å². The van der Waals surface area contributed by atoms with E-state index in [0.717, 1.165) is 84.6 Å². The second kappa shape index (κ2) is 10.9. The van der Waals surface area contributed by atoms with Crippen LogP contribution in [0.1, 0.15) is 57.3 Å². The summed E-state index contributed by atoms with van der Waals surface area (Å²) < 4.78 is 12.0. The van der Waals surface area contributed by atoms with Gasteiger partial charge in [0.25, 0.3) is 0 Å². The third-order valence-electron chi connectivity index (χ3n) is 7.72. The molecular weight excluding hydrogens is 478 g/mol. The highest BCUT2D eigenvalue weighted by atomic mass is 16.5. The zero-order valence-corrected chi connectivity index (χ0v) is 23.2. The molecule has 2 aliphatic rings. The first-order valence-corrected chi connectivity index (χ1v) is 13.8. The normalized spacial score (nSPS) is 17.7. The van der Waals surface area contributed by atoms with Crippen LogP contribution in [0.15, 0.2) is 30.3 Å². The van der Waals surface area contributed by atoms with Crippen molar-refractivity contribution < 1.29 is 14.3 Å². The van der Waals surface area contributed by atoms with Gasteiger partial charge in [-0.3, -0.25) is 14.8 Å². The minimum atomic E-state index is 0.0849. The molecular formula is C30H41N5O3. The van der Waals surface area contributed by atoms with Crippen LogP contribution in [0.25, 0.3) is 22.0 Å². The van der Waals surface area contributed by atoms with Crippen molar-refractivity contribution in [2.24, 2.45) is 5.41 Å². The first-order chi connectivity index (χ1) is 18.2. The van der Waals surface area contributed by atoms with Crippen molar-refractivity contribution in [1.82, 2.24) is 15.1 Å².